The number of hydrogen-bond donors (Lipinski definition) is 1. The van der Waals surface area contributed by atoms with E-state index in [0.29, 0.717) is 11.4 Å². The van der Waals surface area contributed by atoms with Crippen LogP contribution >= 0.6 is 11.3 Å². The van der Waals surface area contributed by atoms with Gasteiger partial charge in [-0.1, -0.05) is 48.5 Å². The van der Waals surface area contributed by atoms with Crippen molar-refractivity contribution >= 4 is 17.2 Å². The molecule has 0 spiro atoms. The molecule has 6 heteroatoms. The summed E-state index contributed by atoms with van der Waals surface area (Å²) >= 11 is 1.42. The van der Waals surface area contributed by atoms with Gasteiger partial charge in [-0.05, 0) is 24.6 Å². The molecule has 1 amide bonds. The Morgan fingerprint density at radius 3 is 2.63 bits per heavy atom. The zero-order chi connectivity index (χ0) is 18.6. The Morgan fingerprint density at radius 1 is 1.07 bits per heavy atom. The fourth-order valence-electron chi connectivity index (χ4n) is 2.86. The lowest BCUT2D eigenvalue weighted by atomic mass is 10.1. The first-order valence-electron chi connectivity index (χ1n) is 8.61. The summed E-state index contributed by atoms with van der Waals surface area (Å²) in [6, 6.07) is 19.7. The van der Waals surface area contributed by atoms with Gasteiger partial charge in [-0.3, -0.25) is 4.79 Å². The van der Waals surface area contributed by atoms with E-state index in [1.54, 1.807) is 10.9 Å². The summed E-state index contributed by atoms with van der Waals surface area (Å²) in [5.41, 5.74) is 3.72. The number of aromatic nitrogens is 3. The summed E-state index contributed by atoms with van der Waals surface area (Å²) in [5.74, 6) is -0.109. The molecular formula is C21H18N4OS. The molecular weight excluding hydrogens is 356 g/mol. The Labute approximate surface area is 161 Å². The molecule has 2 heterocycles. The minimum absolute atomic E-state index is 0.109. The van der Waals surface area contributed by atoms with Crippen molar-refractivity contribution in [2.24, 2.45) is 0 Å². The number of nitrogens with zero attached hydrogens (tertiary/aromatic N) is 3. The molecule has 2 aromatic carbocycles. The van der Waals surface area contributed by atoms with Crippen molar-refractivity contribution in [1.82, 2.24) is 20.1 Å². The Hall–Kier alpha value is -3.25. The Kier molecular flexibility index (Phi) is 4.80. The van der Waals surface area contributed by atoms with Gasteiger partial charge in [-0.15, -0.1) is 11.3 Å². The highest BCUT2D eigenvalue weighted by molar-refractivity contribution is 7.17. The lowest BCUT2D eigenvalue weighted by Crippen LogP contribution is -2.23. The van der Waals surface area contributed by atoms with Crippen molar-refractivity contribution in [3.63, 3.8) is 0 Å². The van der Waals surface area contributed by atoms with Crippen molar-refractivity contribution in [1.29, 1.82) is 0 Å². The second-order valence-electron chi connectivity index (χ2n) is 6.06. The molecule has 0 atom stereocenters. The third-order valence-corrected chi connectivity index (χ3v) is 5.41. The number of carbonyl (C=O) groups excluding carboxylic acids is 1. The van der Waals surface area contributed by atoms with E-state index >= 15 is 0 Å². The quantitative estimate of drug-likeness (QED) is 0.569. The lowest BCUT2D eigenvalue weighted by Gasteiger charge is -2.10. The van der Waals surface area contributed by atoms with E-state index in [1.165, 1.54) is 11.3 Å². The average Bonchev–Trinajstić information content (AvgIpc) is 3.37. The van der Waals surface area contributed by atoms with Crippen LogP contribution in [0.25, 0.3) is 16.3 Å². The van der Waals surface area contributed by atoms with Crippen LogP contribution in [0.2, 0.25) is 0 Å². The predicted molar refractivity (Wildman–Crippen MR) is 107 cm³/mol. The van der Waals surface area contributed by atoms with Crippen LogP contribution in [0.1, 0.15) is 20.9 Å². The number of thiazole rings is 1. The second kappa shape index (κ2) is 7.55. The number of benzene rings is 2. The van der Waals surface area contributed by atoms with E-state index in [4.69, 9.17) is 0 Å². The van der Waals surface area contributed by atoms with Crippen LogP contribution in [-0.4, -0.2) is 20.7 Å². The Bertz CT molecular complexity index is 1060. The highest BCUT2D eigenvalue weighted by Gasteiger charge is 2.16. The SMILES string of the molecule is Cc1nc(-c2ccccc2)sc1C(=O)NCc1ccccc1-n1cccn1. The Morgan fingerprint density at radius 2 is 1.85 bits per heavy atom. The first-order valence-corrected chi connectivity index (χ1v) is 9.43. The van der Waals surface area contributed by atoms with Crippen molar-refractivity contribution in [3.05, 3.63) is 89.2 Å². The molecule has 0 fully saturated rings. The zero-order valence-electron chi connectivity index (χ0n) is 14.8. The topological polar surface area (TPSA) is 59.8 Å². The summed E-state index contributed by atoms with van der Waals surface area (Å²) in [6.45, 7) is 2.29. The van der Waals surface area contributed by atoms with Gasteiger partial charge in [0.1, 0.15) is 9.88 Å². The third-order valence-electron chi connectivity index (χ3n) is 4.21. The highest BCUT2D eigenvalue weighted by Crippen LogP contribution is 2.27. The molecule has 1 N–H and O–H groups in total. The molecule has 2 aromatic heterocycles. The minimum atomic E-state index is -0.109. The molecule has 0 unspecified atom stereocenters. The predicted octanol–water partition coefficient (Wildman–Crippen LogP) is 4.23. The monoisotopic (exact) mass is 374 g/mol. The van der Waals surface area contributed by atoms with Crippen molar-refractivity contribution in [2.75, 3.05) is 0 Å². The van der Waals surface area contributed by atoms with Crippen LogP contribution in [0, 0.1) is 6.92 Å². The molecule has 0 saturated carbocycles. The van der Waals surface area contributed by atoms with Crippen LogP contribution in [0.4, 0.5) is 0 Å². The second-order valence-corrected chi connectivity index (χ2v) is 7.06. The number of hydrogen-bond acceptors (Lipinski definition) is 4. The highest BCUT2D eigenvalue weighted by atomic mass is 32.1. The van der Waals surface area contributed by atoms with Crippen LogP contribution in [-0.2, 0) is 6.54 Å². The van der Waals surface area contributed by atoms with Crippen molar-refractivity contribution in [3.8, 4) is 16.3 Å². The molecule has 0 aliphatic rings. The molecule has 5 nitrogen and oxygen atoms in total. The number of para-hydroxylation sites is 1. The van der Waals surface area contributed by atoms with Gasteiger partial charge < -0.3 is 5.32 Å². The normalized spacial score (nSPS) is 10.7. The third kappa shape index (κ3) is 3.66. The minimum Gasteiger partial charge on any atom is -0.347 e. The van der Waals surface area contributed by atoms with Gasteiger partial charge in [0.15, 0.2) is 0 Å². The Balaban J connectivity index is 1.52. The maximum Gasteiger partial charge on any atom is 0.263 e. The molecule has 4 aromatic rings. The lowest BCUT2D eigenvalue weighted by molar-refractivity contribution is 0.0954. The summed E-state index contributed by atoms with van der Waals surface area (Å²) in [4.78, 5) is 17.9. The molecule has 27 heavy (non-hydrogen) atoms. The van der Waals surface area contributed by atoms with Gasteiger partial charge in [0.05, 0.1) is 11.4 Å². The van der Waals surface area contributed by atoms with E-state index < -0.39 is 0 Å². The van der Waals surface area contributed by atoms with Gasteiger partial charge in [0.2, 0.25) is 0 Å². The maximum atomic E-state index is 12.7. The van der Waals surface area contributed by atoms with E-state index in [9.17, 15) is 4.79 Å². The van der Waals surface area contributed by atoms with Crippen LogP contribution in [0.3, 0.4) is 0 Å². The van der Waals surface area contributed by atoms with Gasteiger partial charge in [0, 0.05) is 24.5 Å². The first kappa shape index (κ1) is 17.2. The summed E-state index contributed by atoms with van der Waals surface area (Å²) < 4.78 is 1.80. The summed E-state index contributed by atoms with van der Waals surface area (Å²) in [7, 11) is 0. The molecule has 0 saturated heterocycles. The molecule has 0 aliphatic carbocycles. The largest absolute Gasteiger partial charge is 0.347 e. The fourth-order valence-corrected chi connectivity index (χ4v) is 3.85. The molecule has 0 aliphatic heterocycles. The number of aryl methyl sites for hydroxylation is 1. The van der Waals surface area contributed by atoms with Crippen LogP contribution < -0.4 is 5.32 Å². The van der Waals surface area contributed by atoms with Gasteiger partial charge in [-0.2, -0.15) is 5.10 Å². The number of rotatable bonds is 5. The zero-order valence-corrected chi connectivity index (χ0v) is 15.6. The number of carbonyl (C=O) groups is 1. The fraction of sp³-hybridized carbons (Fsp3) is 0.0952. The van der Waals surface area contributed by atoms with E-state index in [1.807, 2.05) is 73.8 Å². The average molecular weight is 374 g/mol. The van der Waals surface area contributed by atoms with E-state index in [2.05, 4.69) is 15.4 Å². The summed E-state index contributed by atoms with van der Waals surface area (Å²) in [6.07, 6.45) is 3.63. The number of amides is 1. The molecule has 4 rings (SSSR count). The number of nitrogens with one attached hydrogen (secondary N) is 1. The van der Waals surface area contributed by atoms with Gasteiger partial charge >= 0.3 is 0 Å². The molecule has 0 bridgehead atoms. The molecule has 134 valence electrons. The van der Waals surface area contributed by atoms with Crippen LogP contribution in [0.5, 0.6) is 0 Å². The van der Waals surface area contributed by atoms with Crippen LogP contribution in [0.15, 0.2) is 73.1 Å². The van der Waals surface area contributed by atoms with Gasteiger partial charge in [-0.25, -0.2) is 9.67 Å². The maximum absolute atomic E-state index is 12.7. The van der Waals surface area contributed by atoms with Crippen molar-refractivity contribution in [2.45, 2.75) is 13.5 Å². The van der Waals surface area contributed by atoms with E-state index in [0.717, 1.165) is 27.5 Å². The molecule has 0 radical (unpaired) electrons. The standard InChI is InChI=1S/C21H18N4OS/c1-15-19(27-21(24-15)16-8-3-2-4-9-16)20(26)22-14-17-10-5-6-11-18(17)25-13-7-12-23-25/h2-13H,14H2,1H3,(H,22,26). The summed E-state index contributed by atoms with van der Waals surface area (Å²) in [5, 5.41) is 8.15. The van der Waals surface area contributed by atoms with Crippen molar-refractivity contribution < 1.29 is 4.79 Å². The first-order chi connectivity index (χ1) is 13.2. The van der Waals surface area contributed by atoms with E-state index in [-0.39, 0.29) is 5.91 Å². The van der Waals surface area contributed by atoms with Gasteiger partial charge in [0.25, 0.3) is 5.91 Å². The smallest absolute Gasteiger partial charge is 0.263 e.